The lowest BCUT2D eigenvalue weighted by atomic mass is 10.1. The Hall–Kier alpha value is -1.85. The Morgan fingerprint density at radius 3 is 2.58 bits per heavy atom. The van der Waals surface area contributed by atoms with Gasteiger partial charge in [-0.3, -0.25) is 9.69 Å². The van der Waals surface area contributed by atoms with Crippen LogP contribution in [-0.2, 0) is 17.9 Å². The molecule has 0 fully saturated rings. The van der Waals surface area contributed by atoms with Gasteiger partial charge >= 0.3 is 0 Å². The first-order valence-electron chi connectivity index (χ1n) is 6.01. The van der Waals surface area contributed by atoms with Crippen LogP contribution >= 0.6 is 11.3 Å². The number of nitrogens with zero attached hydrogens (tertiary/aromatic N) is 1. The van der Waals surface area contributed by atoms with Crippen molar-refractivity contribution in [2.75, 3.05) is 12.3 Å². The van der Waals surface area contributed by atoms with Crippen LogP contribution in [0.4, 0.5) is 5.69 Å². The highest BCUT2D eigenvalue weighted by Gasteiger charge is 2.11. The number of amides is 1. The summed E-state index contributed by atoms with van der Waals surface area (Å²) in [4.78, 5) is 14.4. The van der Waals surface area contributed by atoms with Gasteiger partial charge in [0, 0.05) is 23.7 Å². The molecule has 1 aromatic heterocycles. The maximum atomic E-state index is 11.2. The fraction of sp³-hybridized carbons (Fsp3) is 0.214. The third-order valence-electron chi connectivity index (χ3n) is 2.79. The van der Waals surface area contributed by atoms with Crippen LogP contribution in [-0.4, -0.2) is 17.4 Å². The lowest BCUT2D eigenvalue weighted by Gasteiger charge is -2.20. The molecule has 0 spiro atoms. The Morgan fingerprint density at radius 1 is 1.16 bits per heavy atom. The third kappa shape index (κ3) is 4.08. The number of thiophene rings is 1. The number of nitrogen functional groups attached to an aromatic ring is 1. The van der Waals surface area contributed by atoms with Crippen molar-refractivity contribution in [1.82, 2.24) is 4.90 Å². The van der Waals surface area contributed by atoms with E-state index in [0.717, 1.165) is 11.3 Å². The van der Waals surface area contributed by atoms with E-state index in [2.05, 4.69) is 0 Å². The second kappa shape index (κ2) is 6.36. The van der Waals surface area contributed by atoms with E-state index in [1.54, 1.807) is 11.3 Å². The SMILES string of the molecule is NC(=O)CN(Cc1cccs1)Cc1ccccc1N. The molecule has 0 radical (unpaired) electrons. The van der Waals surface area contributed by atoms with E-state index in [4.69, 9.17) is 11.5 Å². The molecule has 4 nitrogen and oxygen atoms in total. The molecule has 0 atom stereocenters. The van der Waals surface area contributed by atoms with Crippen molar-refractivity contribution in [2.24, 2.45) is 5.73 Å². The first-order chi connectivity index (χ1) is 9.15. The van der Waals surface area contributed by atoms with Crippen LogP contribution in [0.3, 0.4) is 0 Å². The smallest absolute Gasteiger partial charge is 0.231 e. The van der Waals surface area contributed by atoms with Gasteiger partial charge in [-0.05, 0) is 23.1 Å². The zero-order valence-electron chi connectivity index (χ0n) is 10.6. The van der Waals surface area contributed by atoms with Gasteiger partial charge in [0.05, 0.1) is 6.54 Å². The molecule has 0 aliphatic rings. The highest BCUT2D eigenvalue weighted by molar-refractivity contribution is 7.09. The number of anilines is 1. The minimum Gasteiger partial charge on any atom is -0.398 e. The Kier molecular flexibility index (Phi) is 4.54. The molecule has 0 aliphatic heterocycles. The number of primary amides is 1. The molecule has 1 aromatic carbocycles. The molecule has 4 N–H and O–H groups in total. The highest BCUT2D eigenvalue weighted by Crippen LogP contribution is 2.17. The summed E-state index contributed by atoms with van der Waals surface area (Å²) < 4.78 is 0. The van der Waals surface area contributed by atoms with Crippen molar-refractivity contribution in [1.29, 1.82) is 0 Å². The number of hydrogen-bond donors (Lipinski definition) is 2. The Balaban J connectivity index is 2.09. The summed E-state index contributed by atoms with van der Waals surface area (Å²) in [6, 6.07) is 11.7. The van der Waals surface area contributed by atoms with Crippen LogP contribution in [0, 0.1) is 0 Å². The van der Waals surface area contributed by atoms with E-state index < -0.39 is 0 Å². The van der Waals surface area contributed by atoms with Crippen LogP contribution in [0.2, 0.25) is 0 Å². The zero-order valence-corrected chi connectivity index (χ0v) is 11.4. The lowest BCUT2D eigenvalue weighted by molar-refractivity contribution is -0.119. The average Bonchev–Trinajstić information content (AvgIpc) is 2.84. The standard InChI is InChI=1S/C14H17N3OS/c15-13-6-2-1-4-11(13)8-17(10-14(16)18)9-12-5-3-7-19-12/h1-7H,8-10,15H2,(H2,16,18). The Morgan fingerprint density at radius 2 is 1.95 bits per heavy atom. The first kappa shape index (κ1) is 13.6. The molecule has 1 heterocycles. The number of nitrogens with two attached hydrogens (primary N) is 2. The Bertz CT molecular complexity index is 539. The molecule has 0 saturated heterocycles. The molecule has 0 bridgehead atoms. The van der Waals surface area contributed by atoms with E-state index in [0.29, 0.717) is 13.1 Å². The van der Waals surface area contributed by atoms with Crippen molar-refractivity contribution >= 4 is 22.9 Å². The van der Waals surface area contributed by atoms with Gasteiger partial charge in [-0.25, -0.2) is 0 Å². The largest absolute Gasteiger partial charge is 0.398 e. The minimum atomic E-state index is -0.328. The second-order valence-corrected chi connectivity index (χ2v) is 5.42. The van der Waals surface area contributed by atoms with Crippen molar-refractivity contribution in [3.8, 4) is 0 Å². The van der Waals surface area contributed by atoms with Gasteiger partial charge in [0.1, 0.15) is 0 Å². The molecule has 2 aromatic rings. The fourth-order valence-electron chi connectivity index (χ4n) is 1.93. The van der Waals surface area contributed by atoms with Crippen LogP contribution in [0.1, 0.15) is 10.4 Å². The van der Waals surface area contributed by atoms with E-state index in [1.165, 1.54) is 4.88 Å². The zero-order chi connectivity index (χ0) is 13.7. The van der Waals surface area contributed by atoms with Crippen LogP contribution in [0.5, 0.6) is 0 Å². The summed E-state index contributed by atoms with van der Waals surface area (Å²) in [5.41, 5.74) is 13.0. The molecule has 5 heteroatoms. The number of para-hydroxylation sites is 1. The third-order valence-corrected chi connectivity index (χ3v) is 3.65. The quantitative estimate of drug-likeness (QED) is 0.790. The second-order valence-electron chi connectivity index (χ2n) is 4.39. The summed E-state index contributed by atoms with van der Waals surface area (Å²) in [5, 5.41) is 2.02. The van der Waals surface area contributed by atoms with Gasteiger partial charge in [0.2, 0.25) is 5.91 Å². The van der Waals surface area contributed by atoms with Gasteiger partial charge in [0.25, 0.3) is 0 Å². The van der Waals surface area contributed by atoms with Crippen molar-refractivity contribution < 1.29 is 4.79 Å². The monoisotopic (exact) mass is 275 g/mol. The normalized spacial score (nSPS) is 10.8. The number of carbonyl (C=O) groups is 1. The van der Waals surface area contributed by atoms with Crippen molar-refractivity contribution in [3.63, 3.8) is 0 Å². The molecule has 19 heavy (non-hydrogen) atoms. The summed E-state index contributed by atoms with van der Waals surface area (Å²) >= 11 is 1.67. The molecular formula is C14H17N3OS. The highest BCUT2D eigenvalue weighted by atomic mass is 32.1. The van der Waals surface area contributed by atoms with E-state index in [1.807, 2.05) is 46.7 Å². The Labute approximate surface area is 116 Å². The maximum Gasteiger partial charge on any atom is 0.231 e. The number of carbonyl (C=O) groups excluding carboxylic acids is 1. The molecule has 1 amide bonds. The van der Waals surface area contributed by atoms with Crippen LogP contribution < -0.4 is 11.5 Å². The van der Waals surface area contributed by atoms with E-state index >= 15 is 0 Å². The average molecular weight is 275 g/mol. The van der Waals surface area contributed by atoms with Gasteiger partial charge in [-0.15, -0.1) is 11.3 Å². The number of hydrogen-bond acceptors (Lipinski definition) is 4. The van der Waals surface area contributed by atoms with Gasteiger partial charge in [0.15, 0.2) is 0 Å². The van der Waals surface area contributed by atoms with E-state index in [9.17, 15) is 4.79 Å². The molecule has 2 rings (SSSR count). The number of benzene rings is 1. The van der Waals surface area contributed by atoms with E-state index in [-0.39, 0.29) is 12.5 Å². The summed E-state index contributed by atoms with van der Waals surface area (Å²) in [7, 11) is 0. The maximum absolute atomic E-state index is 11.2. The fourth-order valence-corrected chi connectivity index (χ4v) is 2.68. The summed E-state index contributed by atoms with van der Waals surface area (Å²) in [5.74, 6) is -0.328. The lowest BCUT2D eigenvalue weighted by Crippen LogP contribution is -2.33. The predicted octanol–water partition coefficient (Wildman–Crippen LogP) is 1.82. The summed E-state index contributed by atoms with van der Waals surface area (Å²) in [6.07, 6.45) is 0. The van der Waals surface area contributed by atoms with Gasteiger partial charge < -0.3 is 11.5 Å². The van der Waals surface area contributed by atoms with Gasteiger partial charge in [-0.2, -0.15) is 0 Å². The molecule has 0 aliphatic carbocycles. The van der Waals surface area contributed by atoms with Crippen molar-refractivity contribution in [2.45, 2.75) is 13.1 Å². The van der Waals surface area contributed by atoms with Crippen LogP contribution in [0.15, 0.2) is 41.8 Å². The molecule has 0 unspecified atom stereocenters. The van der Waals surface area contributed by atoms with Gasteiger partial charge in [-0.1, -0.05) is 24.3 Å². The van der Waals surface area contributed by atoms with Crippen molar-refractivity contribution in [3.05, 3.63) is 52.2 Å². The first-order valence-corrected chi connectivity index (χ1v) is 6.89. The molecule has 100 valence electrons. The van der Waals surface area contributed by atoms with Crippen LogP contribution in [0.25, 0.3) is 0 Å². The topological polar surface area (TPSA) is 72.4 Å². The summed E-state index contributed by atoms with van der Waals surface area (Å²) in [6.45, 7) is 1.55. The minimum absolute atomic E-state index is 0.228. The molecule has 0 saturated carbocycles. The number of rotatable bonds is 6. The molecular weight excluding hydrogens is 258 g/mol. The predicted molar refractivity (Wildman–Crippen MR) is 78.5 cm³/mol.